The lowest BCUT2D eigenvalue weighted by atomic mass is 10.00. The van der Waals surface area contributed by atoms with Gasteiger partial charge in [0.05, 0.1) is 12.3 Å². The second-order valence-electron chi connectivity index (χ2n) is 4.12. The van der Waals surface area contributed by atoms with Gasteiger partial charge in [0.25, 0.3) is 0 Å². The quantitative estimate of drug-likeness (QED) is 0.762. The molecule has 0 aliphatic heterocycles. The molecule has 2 atom stereocenters. The lowest BCUT2D eigenvalue weighted by Crippen LogP contribution is -2.33. The zero-order valence-corrected chi connectivity index (χ0v) is 9.28. The first-order valence-corrected chi connectivity index (χ1v) is 5.84. The molecular formula is C13H19NO. The summed E-state index contributed by atoms with van der Waals surface area (Å²) in [6.45, 7) is 2.19. The van der Waals surface area contributed by atoms with Gasteiger partial charge in [-0.05, 0) is 37.8 Å². The molecule has 1 heterocycles. The van der Waals surface area contributed by atoms with Gasteiger partial charge in [-0.15, -0.1) is 0 Å². The molecule has 2 unspecified atom stereocenters. The van der Waals surface area contributed by atoms with Gasteiger partial charge in [0.2, 0.25) is 0 Å². The normalized spacial score (nSPS) is 22.9. The summed E-state index contributed by atoms with van der Waals surface area (Å²) < 4.78 is 5.45. The van der Waals surface area contributed by atoms with Gasteiger partial charge in [0, 0.05) is 6.04 Å². The first-order valence-electron chi connectivity index (χ1n) is 5.84. The average molecular weight is 205 g/mol. The summed E-state index contributed by atoms with van der Waals surface area (Å²) in [6, 6.07) is 5.00. The van der Waals surface area contributed by atoms with Crippen LogP contribution in [0.3, 0.4) is 0 Å². The van der Waals surface area contributed by atoms with Crippen molar-refractivity contribution >= 4 is 0 Å². The molecule has 1 aliphatic rings. The number of furan rings is 1. The van der Waals surface area contributed by atoms with E-state index in [2.05, 4.69) is 30.5 Å². The van der Waals surface area contributed by atoms with Crippen molar-refractivity contribution in [2.24, 2.45) is 0 Å². The van der Waals surface area contributed by atoms with Gasteiger partial charge in [-0.25, -0.2) is 0 Å². The fourth-order valence-electron chi connectivity index (χ4n) is 2.12. The second-order valence-corrected chi connectivity index (χ2v) is 4.12. The van der Waals surface area contributed by atoms with Gasteiger partial charge in [-0.1, -0.05) is 19.1 Å². The van der Waals surface area contributed by atoms with E-state index in [1.54, 1.807) is 6.26 Å². The van der Waals surface area contributed by atoms with Crippen molar-refractivity contribution in [1.29, 1.82) is 0 Å². The lowest BCUT2D eigenvalue weighted by molar-refractivity contribution is 0.350. The molecule has 2 rings (SSSR count). The minimum atomic E-state index is 0.372. The Labute approximate surface area is 91.4 Å². The Morgan fingerprint density at radius 3 is 3.07 bits per heavy atom. The Balaban J connectivity index is 1.93. The maximum Gasteiger partial charge on any atom is 0.120 e. The Morgan fingerprint density at radius 1 is 1.53 bits per heavy atom. The summed E-state index contributed by atoms with van der Waals surface area (Å²) in [5.74, 6) is 1.06. The minimum absolute atomic E-state index is 0.372. The summed E-state index contributed by atoms with van der Waals surface area (Å²) in [5, 5.41) is 3.66. The summed E-state index contributed by atoms with van der Waals surface area (Å²) in [7, 11) is 0. The van der Waals surface area contributed by atoms with Crippen LogP contribution in [-0.2, 0) is 0 Å². The summed E-state index contributed by atoms with van der Waals surface area (Å²) in [5.41, 5.74) is 0. The van der Waals surface area contributed by atoms with Crippen molar-refractivity contribution in [3.8, 4) is 0 Å². The van der Waals surface area contributed by atoms with Gasteiger partial charge < -0.3 is 9.73 Å². The molecule has 2 heteroatoms. The average Bonchev–Trinajstić information content (AvgIpc) is 2.81. The molecular weight excluding hydrogens is 186 g/mol. The van der Waals surface area contributed by atoms with Crippen molar-refractivity contribution in [3.63, 3.8) is 0 Å². The second kappa shape index (κ2) is 5.17. The Morgan fingerprint density at radius 2 is 2.47 bits per heavy atom. The van der Waals surface area contributed by atoms with Gasteiger partial charge >= 0.3 is 0 Å². The minimum Gasteiger partial charge on any atom is -0.468 e. The molecule has 1 N–H and O–H groups in total. The molecule has 82 valence electrons. The predicted molar refractivity (Wildman–Crippen MR) is 61.7 cm³/mol. The third-order valence-corrected chi connectivity index (χ3v) is 3.00. The fraction of sp³-hybridized carbons (Fsp3) is 0.538. The van der Waals surface area contributed by atoms with E-state index in [-0.39, 0.29) is 0 Å². The van der Waals surface area contributed by atoms with Gasteiger partial charge in [0.15, 0.2) is 0 Å². The van der Waals surface area contributed by atoms with Gasteiger partial charge in [0.1, 0.15) is 5.76 Å². The third-order valence-electron chi connectivity index (χ3n) is 3.00. The molecule has 1 aromatic rings. The van der Waals surface area contributed by atoms with Crippen LogP contribution in [0.4, 0.5) is 0 Å². The number of allylic oxidation sites excluding steroid dienone is 1. The molecule has 0 saturated carbocycles. The molecule has 0 spiro atoms. The number of nitrogens with one attached hydrogen (secondary N) is 1. The van der Waals surface area contributed by atoms with Crippen molar-refractivity contribution in [1.82, 2.24) is 5.32 Å². The van der Waals surface area contributed by atoms with E-state index in [0.29, 0.717) is 12.1 Å². The zero-order valence-electron chi connectivity index (χ0n) is 9.28. The first-order chi connectivity index (χ1) is 7.40. The molecule has 0 amide bonds. The molecule has 15 heavy (non-hydrogen) atoms. The number of hydrogen-bond acceptors (Lipinski definition) is 2. The maximum atomic E-state index is 5.45. The van der Waals surface area contributed by atoms with E-state index in [1.807, 2.05) is 6.07 Å². The van der Waals surface area contributed by atoms with E-state index < -0.39 is 0 Å². The predicted octanol–water partition coefficient (Wildman–Crippen LogP) is 3.43. The van der Waals surface area contributed by atoms with Gasteiger partial charge in [-0.2, -0.15) is 0 Å². The Bertz CT molecular complexity index is 302. The molecule has 1 aromatic heterocycles. The van der Waals surface area contributed by atoms with E-state index in [9.17, 15) is 0 Å². The number of hydrogen-bond donors (Lipinski definition) is 1. The standard InChI is InChI=1S/C13H19NO/c1-2-12(13-9-6-10-15-13)14-11-7-4-3-5-8-11/h3-4,6,9-12,14H,2,5,7-8H2,1H3. The Kier molecular flexibility index (Phi) is 3.62. The van der Waals surface area contributed by atoms with Crippen LogP contribution in [0.5, 0.6) is 0 Å². The topological polar surface area (TPSA) is 25.2 Å². The molecule has 1 aliphatic carbocycles. The van der Waals surface area contributed by atoms with E-state index in [1.165, 1.54) is 12.8 Å². The Hall–Kier alpha value is -1.02. The summed E-state index contributed by atoms with van der Waals surface area (Å²) in [4.78, 5) is 0. The molecule has 0 aromatic carbocycles. The molecule has 0 radical (unpaired) electrons. The van der Waals surface area contributed by atoms with Crippen LogP contribution in [0, 0.1) is 0 Å². The van der Waals surface area contributed by atoms with E-state index in [0.717, 1.165) is 18.6 Å². The zero-order chi connectivity index (χ0) is 10.5. The largest absolute Gasteiger partial charge is 0.468 e. The van der Waals surface area contributed by atoms with Crippen LogP contribution in [0.2, 0.25) is 0 Å². The van der Waals surface area contributed by atoms with E-state index in [4.69, 9.17) is 4.42 Å². The SMILES string of the molecule is CCC(NC1CC=CCC1)c1ccco1. The van der Waals surface area contributed by atoms with Crippen molar-refractivity contribution in [2.45, 2.75) is 44.7 Å². The van der Waals surface area contributed by atoms with Crippen molar-refractivity contribution in [2.75, 3.05) is 0 Å². The van der Waals surface area contributed by atoms with Crippen molar-refractivity contribution in [3.05, 3.63) is 36.3 Å². The highest BCUT2D eigenvalue weighted by Gasteiger charge is 2.17. The summed E-state index contributed by atoms with van der Waals surface area (Å²) >= 11 is 0. The molecule has 0 fully saturated rings. The maximum absolute atomic E-state index is 5.45. The lowest BCUT2D eigenvalue weighted by Gasteiger charge is -2.24. The van der Waals surface area contributed by atoms with Crippen LogP contribution in [0.15, 0.2) is 35.0 Å². The highest BCUT2D eigenvalue weighted by Crippen LogP contribution is 2.20. The molecule has 2 nitrogen and oxygen atoms in total. The molecule has 0 saturated heterocycles. The van der Waals surface area contributed by atoms with Crippen LogP contribution in [-0.4, -0.2) is 6.04 Å². The monoisotopic (exact) mass is 205 g/mol. The third kappa shape index (κ3) is 2.72. The van der Waals surface area contributed by atoms with Crippen LogP contribution in [0.1, 0.15) is 44.4 Å². The first kappa shape index (κ1) is 10.5. The smallest absolute Gasteiger partial charge is 0.120 e. The molecule has 0 bridgehead atoms. The highest BCUT2D eigenvalue weighted by atomic mass is 16.3. The van der Waals surface area contributed by atoms with Crippen LogP contribution >= 0.6 is 0 Å². The van der Waals surface area contributed by atoms with Crippen LogP contribution < -0.4 is 5.32 Å². The van der Waals surface area contributed by atoms with E-state index >= 15 is 0 Å². The fourth-order valence-corrected chi connectivity index (χ4v) is 2.12. The number of rotatable bonds is 4. The van der Waals surface area contributed by atoms with Gasteiger partial charge in [-0.3, -0.25) is 0 Å². The van der Waals surface area contributed by atoms with Crippen LogP contribution in [0.25, 0.3) is 0 Å². The van der Waals surface area contributed by atoms with Crippen molar-refractivity contribution < 1.29 is 4.42 Å². The highest BCUT2D eigenvalue weighted by molar-refractivity contribution is 5.05. The summed E-state index contributed by atoms with van der Waals surface area (Å²) in [6.07, 6.45) is 11.0.